The van der Waals surface area contributed by atoms with Crippen molar-refractivity contribution in [2.75, 3.05) is 7.11 Å². The minimum Gasteiger partial charge on any atom is -0.496 e. The summed E-state index contributed by atoms with van der Waals surface area (Å²) < 4.78 is 5.30. The number of hydrogen-bond donors (Lipinski definition) is 1. The number of hydrogen-bond acceptors (Lipinski definition) is 3. The minimum atomic E-state index is 0.169. The van der Waals surface area contributed by atoms with E-state index in [0.717, 1.165) is 18.1 Å². The molecule has 1 fully saturated rings. The van der Waals surface area contributed by atoms with Gasteiger partial charge < -0.3 is 10.5 Å². The lowest BCUT2D eigenvalue weighted by molar-refractivity contribution is 0.398. The Kier molecular flexibility index (Phi) is 3.65. The van der Waals surface area contributed by atoms with Gasteiger partial charge in [-0.05, 0) is 23.8 Å². The van der Waals surface area contributed by atoms with Crippen LogP contribution in [0.5, 0.6) is 5.75 Å². The summed E-state index contributed by atoms with van der Waals surface area (Å²) in [6, 6.07) is 2.18. The summed E-state index contributed by atoms with van der Waals surface area (Å²) in [7, 11) is 1.72. The molecule has 1 atom stereocenters. The Morgan fingerprint density at radius 2 is 2.27 bits per heavy atom. The molecule has 0 aliphatic heterocycles. The van der Waals surface area contributed by atoms with E-state index in [2.05, 4.69) is 5.38 Å². The summed E-state index contributed by atoms with van der Waals surface area (Å²) >= 11 is 1.72. The lowest BCUT2D eigenvalue weighted by Crippen LogP contribution is -2.13. The predicted octanol–water partition coefficient (Wildman–Crippen LogP) is 3.34. The summed E-state index contributed by atoms with van der Waals surface area (Å²) in [5.74, 6) is 1.80. The monoisotopic (exact) mass is 225 g/mol. The second kappa shape index (κ2) is 4.99. The van der Waals surface area contributed by atoms with Crippen molar-refractivity contribution < 1.29 is 4.74 Å². The SMILES string of the molecule is COc1ccsc1C(N)CC1CCCC1. The largest absolute Gasteiger partial charge is 0.496 e. The fourth-order valence-electron chi connectivity index (χ4n) is 2.46. The van der Waals surface area contributed by atoms with Gasteiger partial charge in [-0.2, -0.15) is 0 Å². The zero-order chi connectivity index (χ0) is 10.7. The molecule has 15 heavy (non-hydrogen) atoms. The summed E-state index contributed by atoms with van der Waals surface area (Å²) in [6.07, 6.45) is 6.62. The Labute approximate surface area is 95.4 Å². The third-order valence-corrected chi connectivity index (χ3v) is 4.31. The second-order valence-electron chi connectivity index (χ2n) is 4.35. The first-order valence-corrected chi connectivity index (χ1v) is 6.56. The lowest BCUT2D eigenvalue weighted by atomic mass is 9.98. The van der Waals surface area contributed by atoms with Crippen LogP contribution in [0.1, 0.15) is 43.0 Å². The number of thiophene rings is 1. The summed E-state index contributed by atoms with van der Waals surface area (Å²) in [5.41, 5.74) is 6.23. The van der Waals surface area contributed by atoms with Crippen LogP contribution in [-0.4, -0.2) is 7.11 Å². The molecule has 0 amide bonds. The highest BCUT2D eigenvalue weighted by Crippen LogP contribution is 2.37. The molecule has 1 heterocycles. The maximum Gasteiger partial charge on any atom is 0.134 e. The average Bonchev–Trinajstić information content (AvgIpc) is 2.86. The highest BCUT2D eigenvalue weighted by atomic mass is 32.1. The highest BCUT2D eigenvalue weighted by Gasteiger charge is 2.21. The van der Waals surface area contributed by atoms with E-state index >= 15 is 0 Å². The van der Waals surface area contributed by atoms with Crippen molar-refractivity contribution in [2.45, 2.75) is 38.1 Å². The van der Waals surface area contributed by atoms with Crippen molar-refractivity contribution >= 4 is 11.3 Å². The molecule has 2 rings (SSSR count). The van der Waals surface area contributed by atoms with E-state index in [1.165, 1.54) is 30.6 Å². The molecule has 1 aliphatic carbocycles. The molecule has 2 nitrogen and oxygen atoms in total. The minimum absolute atomic E-state index is 0.169. The number of rotatable bonds is 4. The Morgan fingerprint density at radius 1 is 1.53 bits per heavy atom. The third-order valence-electron chi connectivity index (χ3n) is 3.28. The normalized spacial score (nSPS) is 19.3. The molecule has 1 aliphatic rings. The van der Waals surface area contributed by atoms with Crippen LogP contribution in [0.15, 0.2) is 11.4 Å². The Balaban J connectivity index is 1.97. The zero-order valence-corrected chi connectivity index (χ0v) is 10.1. The lowest BCUT2D eigenvalue weighted by Gasteiger charge is -2.16. The van der Waals surface area contributed by atoms with E-state index in [0.29, 0.717) is 0 Å². The molecule has 3 heteroatoms. The first-order chi connectivity index (χ1) is 7.31. The number of nitrogens with two attached hydrogens (primary N) is 1. The molecule has 0 saturated heterocycles. The second-order valence-corrected chi connectivity index (χ2v) is 5.29. The molecule has 0 radical (unpaired) electrons. The Hall–Kier alpha value is -0.540. The van der Waals surface area contributed by atoms with Crippen molar-refractivity contribution in [3.8, 4) is 5.75 Å². The molecule has 1 unspecified atom stereocenters. The fraction of sp³-hybridized carbons (Fsp3) is 0.667. The number of methoxy groups -OCH3 is 1. The topological polar surface area (TPSA) is 35.2 Å². The van der Waals surface area contributed by atoms with Crippen LogP contribution in [-0.2, 0) is 0 Å². The van der Waals surface area contributed by atoms with E-state index in [4.69, 9.17) is 10.5 Å². The van der Waals surface area contributed by atoms with Gasteiger partial charge in [0.15, 0.2) is 0 Å². The summed E-state index contributed by atoms with van der Waals surface area (Å²) in [4.78, 5) is 1.21. The van der Waals surface area contributed by atoms with Crippen LogP contribution in [0.3, 0.4) is 0 Å². The van der Waals surface area contributed by atoms with Crippen LogP contribution in [0, 0.1) is 5.92 Å². The van der Waals surface area contributed by atoms with Crippen LogP contribution in [0.2, 0.25) is 0 Å². The average molecular weight is 225 g/mol. The van der Waals surface area contributed by atoms with E-state index in [1.54, 1.807) is 18.4 Å². The molecule has 0 aromatic carbocycles. The van der Waals surface area contributed by atoms with Crippen molar-refractivity contribution in [3.05, 3.63) is 16.3 Å². The van der Waals surface area contributed by atoms with Gasteiger partial charge >= 0.3 is 0 Å². The molecular weight excluding hydrogens is 206 g/mol. The molecule has 84 valence electrons. The smallest absolute Gasteiger partial charge is 0.134 e. The van der Waals surface area contributed by atoms with Gasteiger partial charge in [0.1, 0.15) is 5.75 Å². The molecule has 0 spiro atoms. The van der Waals surface area contributed by atoms with Gasteiger partial charge in [0.25, 0.3) is 0 Å². The molecule has 0 bridgehead atoms. The third kappa shape index (κ3) is 2.52. The predicted molar refractivity (Wildman–Crippen MR) is 64.4 cm³/mol. The molecule has 1 aromatic heterocycles. The summed E-state index contributed by atoms with van der Waals surface area (Å²) in [5, 5.41) is 2.06. The van der Waals surface area contributed by atoms with Crippen molar-refractivity contribution in [1.29, 1.82) is 0 Å². The van der Waals surface area contributed by atoms with Crippen LogP contribution >= 0.6 is 11.3 Å². The van der Waals surface area contributed by atoms with Gasteiger partial charge in [-0.25, -0.2) is 0 Å². The van der Waals surface area contributed by atoms with Crippen LogP contribution in [0.25, 0.3) is 0 Å². The van der Waals surface area contributed by atoms with Crippen molar-refractivity contribution in [1.82, 2.24) is 0 Å². The molecule has 1 aromatic rings. The highest BCUT2D eigenvalue weighted by molar-refractivity contribution is 7.10. The van der Waals surface area contributed by atoms with Crippen molar-refractivity contribution in [2.24, 2.45) is 11.7 Å². The first-order valence-electron chi connectivity index (χ1n) is 5.68. The fourth-order valence-corrected chi connectivity index (χ4v) is 3.34. The maximum atomic E-state index is 6.23. The van der Waals surface area contributed by atoms with Gasteiger partial charge in [-0.3, -0.25) is 0 Å². The number of ether oxygens (including phenoxy) is 1. The Bertz CT molecular complexity index is 304. The van der Waals surface area contributed by atoms with Crippen LogP contribution in [0.4, 0.5) is 0 Å². The molecular formula is C12H19NOS. The van der Waals surface area contributed by atoms with E-state index < -0.39 is 0 Å². The Morgan fingerprint density at radius 3 is 2.93 bits per heavy atom. The summed E-state index contributed by atoms with van der Waals surface area (Å²) in [6.45, 7) is 0. The van der Waals surface area contributed by atoms with Gasteiger partial charge in [-0.15, -0.1) is 11.3 Å². The maximum absolute atomic E-state index is 6.23. The van der Waals surface area contributed by atoms with E-state index in [-0.39, 0.29) is 6.04 Å². The van der Waals surface area contributed by atoms with Gasteiger partial charge in [0.2, 0.25) is 0 Å². The standard InChI is InChI=1S/C12H19NOS/c1-14-11-6-7-15-12(11)10(13)8-9-4-2-3-5-9/h6-7,9-10H,2-5,8,13H2,1H3. The van der Waals surface area contributed by atoms with Crippen LogP contribution < -0.4 is 10.5 Å². The first kappa shape index (κ1) is 11.0. The van der Waals surface area contributed by atoms with Gasteiger partial charge in [0.05, 0.1) is 12.0 Å². The van der Waals surface area contributed by atoms with Gasteiger partial charge in [0, 0.05) is 6.04 Å². The quantitative estimate of drug-likeness (QED) is 0.853. The molecule has 2 N–H and O–H groups in total. The molecule has 1 saturated carbocycles. The van der Waals surface area contributed by atoms with Crippen molar-refractivity contribution in [3.63, 3.8) is 0 Å². The zero-order valence-electron chi connectivity index (χ0n) is 9.24. The van der Waals surface area contributed by atoms with Gasteiger partial charge in [-0.1, -0.05) is 25.7 Å². The van der Waals surface area contributed by atoms with E-state index in [1.807, 2.05) is 6.07 Å². The van der Waals surface area contributed by atoms with E-state index in [9.17, 15) is 0 Å².